The van der Waals surface area contributed by atoms with Gasteiger partial charge in [-0.05, 0) is 44.9 Å². The van der Waals surface area contributed by atoms with Crippen LogP contribution in [0.15, 0.2) is 36.5 Å². The highest BCUT2D eigenvalue weighted by Crippen LogP contribution is 2.19. The van der Waals surface area contributed by atoms with Gasteiger partial charge in [0.2, 0.25) is 5.91 Å². The van der Waals surface area contributed by atoms with E-state index >= 15 is 0 Å². The second kappa shape index (κ2) is 63.9. The molecule has 0 saturated heterocycles. The molecule has 0 aliphatic carbocycles. The predicted molar refractivity (Wildman–Crippen MR) is 322 cm³/mol. The molecule has 0 aromatic carbocycles. The van der Waals surface area contributed by atoms with Crippen molar-refractivity contribution in [2.24, 2.45) is 0 Å². The maximum Gasteiger partial charge on any atom is 0.220 e. The van der Waals surface area contributed by atoms with Crippen LogP contribution < -0.4 is 5.32 Å². The Hall–Kier alpha value is -1.39. The first-order chi connectivity index (χ1) is 35.7. The van der Waals surface area contributed by atoms with Gasteiger partial charge in [0, 0.05) is 6.42 Å². The van der Waals surface area contributed by atoms with Gasteiger partial charge in [0.15, 0.2) is 0 Å². The van der Waals surface area contributed by atoms with Gasteiger partial charge in [0.05, 0.1) is 18.8 Å². The van der Waals surface area contributed by atoms with Crippen LogP contribution in [-0.4, -0.2) is 34.9 Å². The summed E-state index contributed by atoms with van der Waals surface area (Å²) in [6, 6.07) is -0.645. The minimum Gasteiger partial charge on any atom is -0.394 e. The van der Waals surface area contributed by atoms with E-state index in [9.17, 15) is 15.0 Å². The Morgan fingerprint density at radius 1 is 0.319 bits per heavy atom. The molecule has 0 rings (SSSR count). The van der Waals surface area contributed by atoms with Gasteiger partial charge >= 0.3 is 0 Å². The lowest BCUT2D eigenvalue weighted by atomic mass is 10.0. The van der Waals surface area contributed by atoms with Crippen molar-refractivity contribution in [3.05, 3.63) is 36.5 Å². The van der Waals surface area contributed by atoms with E-state index in [4.69, 9.17) is 0 Å². The summed E-state index contributed by atoms with van der Waals surface area (Å²) in [5.41, 5.74) is 0. The Morgan fingerprint density at radius 3 is 0.806 bits per heavy atom. The molecule has 4 heteroatoms. The van der Waals surface area contributed by atoms with Gasteiger partial charge < -0.3 is 15.5 Å². The first kappa shape index (κ1) is 70.6. The molecule has 0 radical (unpaired) electrons. The van der Waals surface area contributed by atoms with Crippen LogP contribution in [0.1, 0.15) is 373 Å². The van der Waals surface area contributed by atoms with Crippen molar-refractivity contribution in [1.29, 1.82) is 0 Å². The standard InChI is InChI=1S/C68H131NO3/c1-3-5-7-9-11-13-15-17-19-21-23-25-27-29-31-33-34-36-37-39-41-43-45-47-49-51-53-55-57-59-61-63-67(71)66(65-70)69-68(72)64-62-60-58-56-54-52-50-48-46-44-42-40-38-35-32-30-28-26-24-22-20-18-16-14-12-10-8-6-4-2/h45,47,53,55,61,63,66-67,70-71H,3-44,46,48-52,54,56-60,62,64-65H2,1-2H3,(H,69,72)/b47-45+,55-53+,63-61+. The smallest absolute Gasteiger partial charge is 0.220 e. The minimum absolute atomic E-state index is 0.0700. The second-order valence-corrected chi connectivity index (χ2v) is 22.9. The molecule has 426 valence electrons. The summed E-state index contributed by atoms with van der Waals surface area (Å²) in [6.07, 6.45) is 88.0. The number of amides is 1. The quantitative estimate of drug-likeness (QED) is 0.0420. The molecule has 0 spiro atoms. The summed E-state index contributed by atoms with van der Waals surface area (Å²) in [5, 5.41) is 23.2. The molecule has 3 N–H and O–H groups in total. The highest BCUT2D eigenvalue weighted by Gasteiger charge is 2.18. The van der Waals surface area contributed by atoms with Crippen LogP contribution in [0.4, 0.5) is 0 Å². The average Bonchev–Trinajstić information content (AvgIpc) is 3.39. The number of unbranched alkanes of at least 4 members (excludes halogenated alkanes) is 51. The molecule has 0 fully saturated rings. The maximum absolute atomic E-state index is 12.5. The first-order valence-corrected chi connectivity index (χ1v) is 33.2. The van der Waals surface area contributed by atoms with Crippen molar-refractivity contribution in [2.75, 3.05) is 6.61 Å². The maximum atomic E-state index is 12.5. The summed E-state index contributed by atoms with van der Waals surface area (Å²) in [6.45, 7) is 4.34. The Kier molecular flexibility index (Phi) is 62.7. The molecule has 2 unspecified atom stereocenters. The summed E-state index contributed by atoms with van der Waals surface area (Å²) in [5.74, 6) is -0.0700. The molecule has 0 aliphatic rings. The lowest BCUT2D eigenvalue weighted by molar-refractivity contribution is -0.123. The molecule has 0 bridgehead atoms. The van der Waals surface area contributed by atoms with Gasteiger partial charge in [-0.25, -0.2) is 0 Å². The van der Waals surface area contributed by atoms with Crippen LogP contribution in [0.5, 0.6) is 0 Å². The third-order valence-corrected chi connectivity index (χ3v) is 15.6. The van der Waals surface area contributed by atoms with E-state index in [1.165, 1.54) is 315 Å². The zero-order valence-corrected chi connectivity index (χ0v) is 49.2. The summed E-state index contributed by atoms with van der Waals surface area (Å²) in [7, 11) is 0. The Bertz CT molecular complexity index is 1100. The summed E-state index contributed by atoms with van der Waals surface area (Å²) >= 11 is 0. The number of carbonyl (C=O) groups excluding carboxylic acids is 1. The van der Waals surface area contributed by atoms with Crippen LogP contribution in [0.3, 0.4) is 0 Å². The van der Waals surface area contributed by atoms with Gasteiger partial charge in [0.25, 0.3) is 0 Å². The summed E-state index contributed by atoms with van der Waals surface area (Å²) in [4.78, 5) is 12.5. The van der Waals surface area contributed by atoms with Crippen LogP contribution in [0.2, 0.25) is 0 Å². The van der Waals surface area contributed by atoms with Gasteiger partial charge in [-0.2, -0.15) is 0 Å². The molecule has 0 aromatic rings. The number of carbonyl (C=O) groups is 1. The van der Waals surface area contributed by atoms with E-state index in [0.717, 1.165) is 38.5 Å². The Balaban J connectivity index is 3.48. The SMILES string of the molecule is CCCCCCCCCCCCCCCCCCCCCCC/C=C/CC/C=C/CC/C=C/C(O)C(CO)NC(=O)CCCCCCCCCCCCCCCCCCCCCCCCCCCCCCC. The van der Waals surface area contributed by atoms with Crippen molar-refractivity contribution in [3.63, 3.8) is 0 Å². The number of nitrogens with one attached hydrogen (secondary N) is 1. The first-order valence-electron chi connectivity index (χ1n) is 33.2. The normalized spacial score (nSPS) is 12.9. The molecule has 4 nitrogen and oxygen atoms in total. The van der Waals surface area contributed by atoms with E-state index in [1.54, 1.807) is 6.08 Å². The lowest BCUT2D eigenvalue weighted by Crippen LogP contribution is -2.45. The average molecular weight is 1010 g/mol. The van der Waals surface area contributed by atoms with E-state index in [1.807, 2.05) is 6.08 Å². The van der Waals surface area contributed by atoms with E-state index in [-0.39, 0.29) is 12.5 Å². The molecule has 72 heavy (non-hydrogen) atoms. The topological polar surface area (TPSA) is 69.6 Å². The number of aliphatic hydroxyl groups excluding tert-OH is 2. The second-order valence-electron chi connectivity index (χ2n) is 22.9. The Morgan fingerprint density at radius 2 is 0.542 bits per heavy atom. The third-order valence-electron chi connectivity index (χ3n) is 15.6. The highest BCUT2D eigenvalue weighted by molar-refractivity contribution is 5.76. The molecule has 1 amide bonds. The number of rotatable bonds is 62. The molecular formula is C68H131NO3. The largest absolute Gasteiger partial charge is 0.394 e. The fourth-order valence-electron chi connectivity index (χ4n) is 10.6. The highest BCUT2D eigenvalue weighted by atomic mass is 16.3. The van der Waals surface area contributed by atoms with Crippen molar-refractivity contribution >= 4 is 5.91 Å². The number of allylic oxidation sites excluding steroid dienone is 5. The monoisotopic (exact) mass is 1010 g/mol. The zero-order chi connectivity index (χ0) is 52.0. The zero-order valence-electron chi connectivity index (χ0n) is 49.2. The van der Waals surface area contributed by atoms with Crippen LogP contribution in [-0.2, 0) is 4.79 Å². The van der Waals surface area contributed by atoms with Crippen LogP contribution >= 0.6 is 0 Å². The van der Waals surface area contributed by atoms with Crippen molar-refractivity contribution in [2.45, 2.75) is 386 Å². The van der Waals surface area contributed by atoms with Crippen LogP contribution in [0, 0.1) is 0 Å². The van der Waals surface area contributed by atoms with Gasteiger partial charge in [0.1, 0.15) is 0 Å². The summed E-state index contributed by atoms with van der Waals surface area (Å²) < 4.78 is 0. The fraction of sp³-hybridized carbons (Fsp3) is 0.897. The molecule has 2 atom stereocenters. The van der Waals surface area contributed by atoms with E-state index in [2.05, 4.69) is 43.5 Å². The number of hydrogen-bond donors (Lipinski definition) is 3. The predicted octanol–water partition coefficient (Wildman–Crippen LogP) is 22.4. The van der Waals surface area contributed by atoms with Gasteiger partial charge in [-0.1, -0.05) is 359 Å². The minimum atomic E-state index is -0.870. The fourth-order valence-corrected chi connectivity index (χ4v) is 10.6. The van der Waals surface area contributed by atoms with Gasteiger partial charge in [-0.3, -0.25) is 4.79 Å². The third kappa shape index (κ3) is 59.5. The molecule has 0 saturated carbocycles. The van der Waals surface area contributed by atoms with Crippen LogP contribution in [0.25, 0.3) is 0 Å². The van der Waals surface area contributed by atoms with E-state index < -0.39 is 12.1 Å². The van der Waals surface area contributed by atoms with E-state index in [0.29, 0.717) is 6.42 Å². The van der Waals surface area contributed by atoms with Crippen molar-refractivity contribution < 1.29 is 15.0 Å². The van der Waals surface area contributed by atoms with Crippen molar-refractivity contribution in [3.8, 4) is 0 Å². The van der Waals surface area contributed by atoms with Gasteiger partial charge in [-0.15, -0.1) is 0 Å². The number of hydrogen-bond acceptors (Lipinski definition) is 3. The molecule has 0 aromatic heterocycles. The molecule has 0 aliphatic heterocycles. The number of aliphatic hydroxyl groups is 2. The Labute approximate surface area is 452 Å². The molecular weight excluding hydrogens is 879 g/mol. The molecule has 0 heterocycles. The van der Waals surface area contributed by atoms with Crippen molar-refractivity contribution in [1.82, 2.24) is 5.32 Å². The lowest BCUT2D eigenvalue weighted by Gasteiger charge is -2.19.